The predicted octanol–water partition coefficient (Wildman–Crippen LogP) is 2.78. The Morgan fingerprint density at radius 1 is 1.15 bits per heavy atom. The van der Waals surface area contributed by atoms with Gasteiger partial charge in [0.1, 0.15) is 12.4 Å². The van der Waals surface area contributed by atoms with Crippen LogP contribution in [0.4, 0.5) is 4.39 Å². The van der Waals surface area contributed by atoms with E-state index in [1.54, 1.807) is 6.07 Å². The molecular formula is C16H18FNO2. The number of halogens is 1. The van der Waals surface area contributed by atoms with E-state index < -0.39 is 0 Å². The maximum atomic E-state index is 13.6. The van der Waals surface area contributed by atoms with Crippen molar-refractivity contribution in [1.82, 2.24) is 0 Å². The summed E-state index contributed by atoms with van der Waals surface area (Å²) >= 11 is 0. The number of hydrogen-bond donors (Lipinski definition) is 1. The molecule has 106 valence electrons. The fraction of sp³-hybridized carbons (Fsp3) is 0.250. The minimum Gasteiger partial charge on any atom is -0.494 e. The second-order valence-corrected chi connectivity index (χ2v) is 4.56. The van der Waals surface area contributed by atoms with Gasteiger partial charge >= 0.3 is 0 Å². The minimum atomic E-state index is -0.374. The number of ether oxygens (including phenoxy) is 2. The molecule has 20 heavy (non-hydrogen) atoms. The van der Waals surface area contributed by atoms with Gasteiger partial charge in [-0.15, -0.1) is 0 Å². The van der Waals surface area contributed by atoms with E-state index in [2.05, 4.69) is 0 Å². The molecule has 0 spiro atoms. The molecule has 1 unspecified atom stereocenters. The van der Waals surface area contributed by atoms with E-state index in [1.807, 2.05) is 36.4 Å². The third-order valence-electron chi connectivity index (χ3n) is 2.92. The first-order chi connectivity index (χ1) is 9.69. The van der Waals surface area contributed by atoms with E-state index in [9.17, 15) is 4.39 Å². The van der Waals surface area contributed by atoms with E-state index in [0.29, 0.717) is 13.0 Å². The lowest BCUT2D eigenvalue weighted by Gasteiger charge is -2.13. The third kappa shape index (κ3) is 3.96. The highest BCUT2D eigenvalue weighted by Gasteiger charge is 2.08. The number of methoxy groups -OCH3 is 1. The summed E-state index contributed by atoms with van der Waals surface area (Å²) in [4.78, 5) is 0. The van der Waals surface area contributed by atoms with E-state index in [4.69, 9.17) is 15.2 Å². The zero-order valence-electron chi connectivity index (χ0n) is 11.4. The van der Waals surface area contributed by atoms with Crippen molar-refractivity contribution in [2.75, 3.05) is 13.7 Å². The van der Waals surface area contributed by atoms with Crippen LogP contribution in [0.3, 0.4) is 0 Å². The van der Waals surface area contributed by atoms with Gasteiger partial charge in [0.25, 0.3) is 0 Å². The fourth-order valence-corrected chi connectivity index (χ4v) is 1.92. The largest absolute Gasteiger partial charge is 0.494 e. The van der Waals surface area contributed by atoms with E-state index in [-0.39, 0.29) is 17.6 Å². The quantitative estimate of drug-likeness (QED) is 0.881. The Kier molecular flexibility index (Phi) is 4.96. The van der Waals surface area contributed by atoms with Crippen LogP contribution in [0.2, 0.25) is 0 Å². The molecule has 0 aliphatic carbocycles. The fourth-order valence-electron chi connectivity index (χ4n) is 1.92. The predicted molar refractivity (Wildman–Crippen MR) is 76.6 cm³/mol. The monoisotopic (exact) mass is 275 g/mol. The van der Waals surface area contributed by atoms with E-state index >= 15 is 0 Å². The van der Waals surface area contributed by atoms with Crippen molar-refractivity contribution < 1.29 is 13.9 Å². The molecule has 2 N–H and O–H groups in total. The lowest BCUT2D eigenvalue weighted by molar-refractivity contribution is 0.287. The third-order valence-corrected chi connectivity index (χ3v) is 2.92. The number of nitrogens with two attached hydrogens (primary N) is 1. The number of hydrogen-bond acceptors (Lipinski definition) is 3. The van der Waals surface area contributed by atoms with Crippen LogP contribution in [0.5, 0.6) is 11.5 Å². The molecule has 0 amide bonds. The maximum Gasteiger partial charge on any atom is 0.165 e. The second-order valence-electron chi connectivity index (χ2n) is 4.56. The Bertz CT molecular complexity index is 545. The highest BCUT2D eigenvalue weighted by molar-refractivity contribution is 5.29. The van der Waals surface area contributed by atoms with Gasteiger partial charge in [0.05, 0.1) is 7.11 Å². The molecule has 0 saturated carbocycles. The van der Waals surface area contributed by atoms with Crippen molar-refractivity contribution in [3.63, 3.8) is 0 Å². The van der Waals surface area contributed by atoms with Crippen molar-refractivity contribution >= 4 is 0 Å². The van der Waals surface area contributed by atoms with Crippen LogP contribution in [0, 0.1) is 5.82 Å². The number of benzene rings is 2. The van der Waals surface area contributed by atoms with Gasteiger partial charge in [0.15, 0.2) is 11.6 Å². The Labute approximate surface area is 118 Å². The van der Waals surface area contributed by atoms with Gasteiger partial charge in [-0.2, -0.15) is 0 Å². The first kappa shape index (κ1) is 14.3. The zero-order chi connectivity index (χ0) is 14.4. The molecule has 3 nitrogen and oxygen atoms in total. The highest BCUT2D eigenvalue weighted by atomic mass is 19.1. The van der Waals surface area contributed by atoms with Gasteiger partial charge in [0, 0.05) is 6.04 Å². The smallest absolute Gasteiger partial charge is 0.165 e. The summed E-state index contributed by atoms with van der Waals surface area (Å²) in [5.41, 5.74) is 6.82. The lowest BCUT2D eigenvalue weighted by Crippen LogP contribution is -2.30. The molecule has 0 saturated heterocycles. The Hall–Kier alpha value is -2.07. The van der Waals surface area contributed by atoms with Crippen LogP contribution in [0.1, 0.15) is 5.56 Å². The summed E-state index contributed by atoms with van der Waals surface area (Å²) in [6.45, 7) is 0.387. The standard InChI is InChI=1S/C16H18FNO2/c1-19-16-8-7-12(10-15(16)17)9-13(18)11-20-14-5-3-2-4-6-14/h2-8,10,13H,9,11,18H2,1H3. The molecule has 2 aromatic carbocycles. The summed E-state index contributed by atoms with van der Waals surface area (Å²) < 4.78 is 24.0. The lowest BCUT2D eigenvalue weighted by atomic mass is 10.1. The van der Waals surface area contributed by atoms with Crippen molar-refractivity contribution in [3.05, 3.63) is 59.9 Å². The van der Waals surface area contributed by atoms with Crippen LogP contribution in [-0.2, 0) is 6.42 Å². The maximum absolute atomic E-state index is 13.6. The Morgan fingerprint density at radius 2 is 1.90 bits per heavy atom. The van der Waals surface area contributed by atoms with Gasteiger partial charge in [0.2, 0.25) is 0 Å². The van der Waals surface area contributed by atoms with Gasteiger partial charge in [-0.1, -0.05) is 24.3 Å². The molecule has 0 radical (unpaired) electrons. The molecule has 0 aromatic heterocycles. The number of rotatable bonds is 6. The molecule has 4 heteroatoms. The molecule has 0 fully saturated rings. The van der Waals surface area contributed by atoms with Crippen molar-refractivity contribution in [2.24, 2.45) is 5.73 Å². The average molecular weight is 275 g/mol. The van der Waals surface area contributed by atoms with Crippen molar-refractivity contribution in [1.29, 1.82) is 0 Å². The Morgan fingerprint density at radius 3 is 2.55 bits per heavy atom. The summed E-state index contributed by atoms with van der Waals surface area (Å²) in [7, 11) is 1.44. The normalized spacial score (nSPS) is 11.9. The minimum absolute atomic E-state index is 0.192. The van der Waals surface area contributed by atoms with E-state index in [0.717, 1.165) is 11.3 Å². The molecular weight excluding hydrogens is 257 g/mol. The molecule has 2 aromatic rings. The zero-order valence-corrected chi connectivity index (χ0v) is 11.4. The molecule has 2 rings (SSSR count). The molecule has 0 aliphatic rings. The second kappa shape index (κ2) is 6.91. The van der Waals surface area contributed by atoms with Gasteiger partial charge in [-0.3, -0.25) is 0 Å². The van der Waals surface area contributed by atoms with Crippen molar-refractivity contribution in [2.45, 2.75) is 12.5 Å². The van der Waals surface area contributed by atoms with Crippen molar-refractivity contribution in [3.8, 4) is 11.5 Å². The molecule has 0 heterocycles. The number of para-hydroxylation sites is 1. The van der Waals surface area contributed by atoms with Crippen LogP contribution in [-0.4, -0.2) is 19.8 Å². The van der Waals surface area contributed by atoms with Gasteiger partial charge in [-0.05, 0) is 36.2 Å². The average Bonchev–Trinajstić information content (AvgIpc) is 2.46. The van der Waals surface area contributed by atoms with Crippen LogP contribution in [0.25, 0.3) is 0 Å². The topological polar surface area (TPSA) is 44.5 Å². The van der Waals surface area contributed by atoms with Crippen LogP contribution < -0.4 is 15.2 Å². The summed E-state index contributed by atoms with van der Waals surface area (Å²) in [6.07, 6.45) is 0.549. The SMILES string of the molecule is COc1ccc(CC(N)COc2ccccc2)cc1F. The first-order valence-electron chi connectivity index (χ1n) is 6.45. The van der Waals surface area contributed by atoms with Crippen LogP contribution >= 0.6 is 0 Å². The van der Waals surface area contributed by atoms with Gasteiger partial charge < -0.3 is 15.2 Å². The van der Waals surface area contributed by atoms with Crippen LogP contribution in [0.15, 0.2) is 48.5 Å². The highest BCUT2D eigenvalue weighted by Crippen LogP contribution is 2.18. The molecule has 0 bridgehead atoms. The Balaban J connectivity index is 1.88. The first-order valence-corrected chi connectivity index (χ1v) is 6.45. The van der Waals surface area contributed by atoms with Gasteiger partial charge in [-0.25, -0.2) is 4.39 Å². The summed E-state index contributed by atoms with van der Waals surface area (Å²) in [5, 5.41) is 0. The summed E-state index contributed by atoms with van der Waals surface area (Å²) in [5.74, 6) is 0.646. The summed E-state index contributed by atoms with van der Waals surface area (Å²) in [6, 6.07) is 14.1. The molecule has 1 atom stereocenters. The van der Waals surface area contributed by atoms with E-state index in [1.165, 1.54) is 13.2 Å². The molecule has 0 aliphatic heterocycles.